The minimum Gasteiger partial charge on any atom is -0.325 e. The van der Waals surface area contributed by atoms with E-state index in [-0.39, 0.29) is 11.8 Å². The van der Waals surface area contributed by atoms with Crippen molar-refractivity contribution < 1.29 is 4.79 Å². The molecular weight excluding hydrogens is 304 g/mol. The van der Waals surface area contributed by atoms with Gasteiger partial charge in [-0.3, -0.25) is 4.79 Å². The van der Waals surface area contributed by atoms with Crippen molar-refractivity contribution in [1.29, 1.82) is 0 Å². The Kier molecular flexibility index (Phi) is 3.39. The van der Waals surface area contributed by atoms with Gasteiger partial charge in [0.1, 0.15) is 0 Å². The molecule has 3 rings (SSSR count). The normalized spacial score (nSPS) is 28.7. The zero-order chi connectivity index (χ0) is 13.6. The van der Waals surface area contributed by atoms with Crippen molar-refractivity contribution in [3.8, 4) is 0 Å². The minimum absolute atomic E-state index is 0.140. The fourth-order valence-electron chi connectivity index (χ4n) is 3.44. The monoisotopic (exact) mass is 322 g/mol. The van der Waals surface area contributed by atoms with Gasteiger partial charge in [0.2, 0.25) is 5.91 Å². The molecule has 102 valence electrons. The molecule has 3 unspecified atom stereocenters. The molecule has 0 spiro atoms. The highest BCUT2D eigenvalue weighted by atomic mass is 79.9. The zero-order valence-corrected chi connectivity index (χ0v) is 12.9. The molecule has 0 saturated carbocycles. The first-order chi connectivity index (χ1) is 9.04. The standard InChI is InChI=1S/C15H19BrN2O/c1-8-5-10(16)6-9(2)14(8)18-15(19)12-7-11-3-4-13(12)17-11/h5-6,11-13,17H,3-4,7H2,1-2H3,(H,18,19). The molecule has 1 aromatic rings. The van der Waals surface area contributed by atoms with Gasteiger partial charge in [0.25, 0.3) is 0 Å². The van der Waals surface area contributed by atoms with E-state index in [4.69, 9.17) is 0 Å². The van der Waals surface area contributed by atoms with Crippen LogP contribution >= 0.6 is 15.9 Å². The molecule has 2 fully saturated rings. The van der Waals surface area contributed by atoms with Crippen LogP contribution in [0.15, 0.2) is 16.6 Å². The van der Waals surface area contributed by atoms with Gasteiger partial charge in [-0.1, -0.05) is 15.9 Å². The first-order valence-corrected chi connectivity index (χ1v) is 7.67. The summed E-state index contributed by atoms with van der Waals surface area (Å²) in [5.41, 5.74) is 3.18. The molecule has 2 heterocycles. The summed E-state index contributed by atoms with van der Waals surface area (Å²) >= 11 is 3.48. The van der Waals surface area contributed by atoms with Gasteiger partial charge in [-0.05, 0) is 56.4 Å². The van der Waals surface area contributed by atoms with Gasteiger partial charge in [-0.25, -0.2) is 0 Å². The number of fused-ring (bicyclic) bond motifs is 2. The maximum absolute atomic E-state index is 12.4. The summed E-state index contributed by atoms with van der Waals surface area (Å²) in [6.45, 7) is 4.07. The predicted octanol–water partition coefficient (Wildman–Crippen LogP) is 3.14. The number of carbonyl (C=O) groups excluding carboxylic acids is 1. The van der Waals surface area contributed by atoms with Gasteiger partial charge < -0.3 is 10.6 Å². The average molecular weight is 323 g/mol. The molecule has 2 aliphatic rings. The molecule has 1 amide bonds. The number of hydrogen-bond donors (Lipinski definition) is 2. The molecule has 2 aliphatic heterocycles. The number of rotatable bonds is 2. The SMILES string of the molecule is Cc1cc(Br)cc(C)c1NC(=O)C1CC2CCC1N2. The second-order valence-corrected chi connectivity index (χ2v) is 6.71. The van der Waals surface area contributed by atoms with Crippen LogP contribution in [0.3, 0.4) is 0 Å². The number of benzene rings is 1. The first-order valence-electron chi connectivity index (χ1n) is 6.88. The molecule has 4 heteroatoms. The molecule has 0 radical (unpaired) electrons. The maximum atomic E-state index is 12.4. The van der Waals surface area contributed by atoms with Crippen molar-refractivity contribution in [1.82, 2.24) is 5.32 Å². The Hall–Kier alpha value is -0.870. The Morgan fingerprint density at radius 1 is 1.32 bits per heavy atom. The van der Waals surface area contributed by atoms with Gasteiger partial charge in [0.15, 0.2) is 0 Å². The molecule has 0 aromatic heterocycles. The average Bonchev–Trinajstić information content (AvgIpc) is 2.95. The Morgan fingerprint density at radius 2 is 2.00 bits per heavy atom. The lowest BCUT2D eigenvalue weighted by Crippen LogP contribution is -2.33. The number of hydrogen-bond acceptors (Lipinski definition) is 2. The molecule has 19 heavy (non-hydrogen) atoms. The molecule has 2 saturated heterocycles. The van der Waals surface area contributed by atoms with Crippen molar-refractivity contribution in [3.05, 3.63) is 27.7 Å². The number of carbonyl (C=O) groups is 1. The molecule has 2 bridgehead atoms. The van der Waals surface area contributed by atoms with Gasteiger partial charge in [-0.2, -0.15) is 0 Å². The van der Waals surface area contributed by atoms with E-state index >= 15 is 0 Å². The number of amides is 1. The third-order valence-corrected chi connectivity index (χ3v) is 4.84. The minimum atomic E-state index is 0.140. The summed E-state index contributed by atoms with van der Waals surface area (Å²) in [5.74, 6) is 0.314. The van der Waals surface area contributed by atoms with E-state index in [9.17, 15) is 4.79 Å². The van der Waals surface area contributed by atoms with Crippen LogP contribution in [0.5, 0.6) is 0 Å². The number of halogens is 1. The first kappa shape index (κ1) is 13.1. The van der Waals surface area contributed by atoms with Crippen LogP contribution in [0.1, 0.15) is 30.4 Å². The molecular formula is C15H19BrN2O. The second-order valence-electron chi connectivity index (χ2n) is 5.79. The Labute approximate surface area is 122 Å². The van der Waals surface area contributed by atoms with Gasteiger partial charge in [0.05, 0.1) is 5.92 Å². The number of anilines is 1. The lowest BCUT2D eigenvalue weighted by Gasteiger charge is -2.21. The molecule has 3 nitrogen and oxygen atoms in total. The summed E-state index contributed by atoms with van der Waals surface area (Å²) < 4.78 is 1.06. The predicted molar refractivity (Wildman–Crippen MR) is 80.3 cm³/mol. The highest BCUT2D eigenvalue weighted by Crippen LogP contribution is 2.34. The van der Waals surface area contributed by atoms with Gasteiger partial charge in [-0.15, -0.1) is 0 Å². The van der Waals surface area contributed by atoms with Crippen LogP contribution < -0.4 is 10.6 Å². The van der Waals surface area contributed by atoms with E-state index in [1.54, 1.807) is 0 Å². The van der Waals surface area contributed by atoms with E-state index in [1.807, 2.05) is 26.0 Å². The lowest BCUT2D eigenvalue weighted by atomic mass is 9.88. The summed E-state index contributed by atoms with van der Waals surface area (Å²) in [7, 11) is 0. The quantitative estimate of drug-likeness (QED) is 0.878. The summed E-state index contributed by atoms with van der Waals surface area (Å²) in [4.78, 5) is 12.4. The number of nitrogens with one attached hydrogen (secondary N) is 2. The van der Waals surface area contributed by atoms with Crippen molar-refractivity contribution in [3.63, 3.8) is 0 Å². The van der Waals surface area contributed by atoms with Crippen molar-refractivity contribution in [2.75, 3.05) is 5.32 Å². The lowest BCUT2D eigenvalue weighted by molar-refractivity contribution is -0.120. The van der Waals surface area contributed by atoms with Crippen molar-refractivity contribution in [2.24, 2.45) is 5.92 Å². The van der Waals surface area contributed by atoms with Crippen molar-refractivity contribution >= 4 is 27.5 Å². The highest BCUT2D eigenvalue weighted by Gasteiger charge is 2.42. The van der Waals surface area contributed by atoms with Crippen LogP contribution in [0, 0.1) is 19.8 Å². The topological polar surface area (TPSA) is 41.1 Å². The molecule has 3 atom stereocenters. The van der Waals surface area contributed by atoms with Crippen LogP contribution in [0.2, 0.25) is 0 Å². The van der Waals surface area contributed by atoms with Crippen LogP contribution in [-0.2, 0) is 4.79 Å². The third-order valence-electron chi connectivity index (χ3n) is 4.38. The highest BCUT2D eigenvalue weighted by molar-refractivity contribution is 9.10. The van der Waals surface area contributed by atoms with E-state index in [0.29, 0.717) is 12.1 Å². The molecule has 1 aromatic carbocycles. The largest absolute Gasteiger partial charge is 0.325 e. The van der Waals surface area contributed by atoms with E-state index < -0.39 is 0 Å². The molecule has 2 N–H and O–H groups in total. The van der Waals surface area contributed by atoms with Gasteiger partial charge >= 0.3 is 0 Å². The fourth-order valence-corrected chi connectivity index (χ4v) is 4.12. The van der Waals surface area contributed by atoms with Crippen LogP contribution in [0.4, 0.5) is 5.69 Å². The van der Waals surface area contributed by atoms with Gasteiger partial charge in [0, 0.05) is 22.2 Å². The summed E-state index contributed by atoms with van der Waals surface area (Å²) in [6, 6.07) is 5.04. The van der Waals surface area contributed by atoms with E-state index in [2.05, 4.69) is 26.6 Å². The maximum Gasteiger partial charge on any atom is 0.229 e. The van der Waals surface area contributed by atoms with E-state index in [1.165, 1.54) is 6.42 Å². The van der Waals surface area contributed by atoms with E-state index in [0.717, 1.165) is 34.1 Å². The van der Waals surface area contributed by atoms with Crippen LogP contribution in [-0.4, -0.2) is 18.0 Å². The summed E-state index contributed by atoms with van der Waals surface area (Å²) in [5, 5.41) is 6.65. The second kappa shape index (κ2) is 4.91. The van der Waals surface area contributed by atoms with Crippen LogP contribution in [0.25, 0.3) is 0 Å². The molecule has 0 aliphatic carbocycles. The Bertz CT molecular complexity index is 506. The Morgan fingerprint density at radius 3 is 2.53 bits per heavy atom. The smallest absolute Gasteiger partial charge is 0.229 e. The Balaban J connectivity index is 1.77. The summed E-state index contributed by atoms with van der Waals surface area (Å²) in [6.07, 6.45) is 3.36. The zero-order valence-electron chi connectivity index (χ0n) is 11.3. The third kappa shape index (κ3) is 2.43. The fraction of sp³-hybridized carbons (Fsp3) is 0.533. The van der Waals surface area contributed by atoms with Crippen molar-refractivity contribution in [2.45, 2.75) is 45.2 Å². The number of aryl methyl sites for hydroxylation is 2.